The van der Waals surface area contributed by atoms with Crippen LogP contribution in [0.5, 0.6) is 0 Å². The Bertz CT molecular complexity index is 499. The molecule has 5 aliphatic carbocycles. The van der Waals surface area contributed by atoms with Crippen molar-refractivity contribution in [2.75, 3.05) is 0 Å². The normalized spacial score (nSPS) is 47.6. The number of nitrogens with one attached hydrogen (secondary N) is 3. The highest BCUT2D eigenvalue weighted by Crippen LogP contribution is 2.59. The molecular formula is C20H39N5O2. The number of rotatable bonds is 3. The summed E-state index contributed by atoms with van der Waals surface area (Å²) < 4.78 is 0. The molecule has 156 valence electrons. The molecule has 5 rings (SSSR count). The second-order valence-electron chi connectivity index (χ2n) is 9.99. The first-order chi connectivity index (χ1) is 13.0. The van der Waals surface area contributed by atoms with Crippen LogP contribution in [-0.4, -0.2) is 5.72 Å². The number of fused-ring (bicyclic) bond motifs is 9. The summed E-state index contributed by atoms with van der Waals surface area (Å²) in [6.45, 7) is 0. The lowest BCUT2D eigenvalue weighted by Gasteiger charge is -2.43. The Hall–Kier alpha value is -0.280. The molecule has 5 aliphatic rings. The first-order valence-electron chi connectivity index (χ1n) is 11.3. The van der Waals surface area contributed by atoms with E-state index in [0.29, 0.717) is 11.8 Å². The molecule has 7 heteroatoms. The molecular weight excluding hydrogens is 342 g/mol. The molecule has 0 aromatic carbocycles. The summed E-state index contributed by atoms with van der Waals surface area (Å²) in [6.07, 6.45) is 16.9. The van der Waals surface area contributed by atoms with E-state index in [2.05, 4.69) is 0 Å². The van der Waals surface area contributed by atoms with Crippen LogP contribution in [-0.2, 0) is 4.84 Å². The first-order valence-corrected chi connectivity index (χ1v) is 11.3. The average molecular weight is 382 g/mol. The van der Waals surface area contributed by atoms with E-state index in [1.807, 2.05) is 0 Å². The second kappa shape index (κ2) is 8.22. The summed E-state index contributed by atoms with van der Waals surface area (Å²) in [5, 5.41) is 10.6. The van der Waals surface area contributed by atoms with Crippen molar-refractivity contribution in [3.05, 3.63) is 11.0 Å². The number of quaternary nitrogens is 2. The van der Waals surface area contributed by atoms with Crippen LogP contribution in [0.15, 0.2) is 0 Å². The molecule has 7 unspecified atom stereocenters. The SMILES string of the molecule is [NH-][NH+](N)[NH+]([O-])OC1(N)CC2CC1C1CCCC3CCC(CCCCC21)CC3. The Morgan fingerprint density at radius 2 is 1.48 bits per heavy atom. The predicted molar refractivity (Wildman–Crippen MR) is 103 cm³/mol. The van der Waals surface area contributed by atoms with Crippen molar-refractivity contribution in [1.82, 2.24) is 0 Å². The topological polar surface area (TPSA) is 117 Å². The van der Waals surface area contributed by atoms with E-state index in [1.165, 1.54) is 70.6 Å². The molecule has 0 spiro atoms. The van der Waals surface area contributed by atoms with Gasteiger partial charge < -0.3 is 11.0 Å². The second-order valence-corrected chi connectivity index (χ2v) is 9.99. The molecule has 4 bridgehead atoms. The van der Waals surface area contributed by atoms with E-state index in [0.717, 1.165) is 30.6 Å². The van der Waals surface area contributed by atoms with Gasteiger partial charge in [-0.3, -0.25) is 5.73 Å². The van der Waals surface area contributed by atoms with Gasteiger partial charge in [0.1, 0.15) is 0 Å². The van der Waals surface area contributed by atoms with E-state index in [1.54, 1.807) is 0 Å². The van der Waals surface area contributed by atoms with Gasteiger partial charge in [-0.15, -0.1) is 15.9 Å². The van der Waals surface area contributed by atoms with Gasteiger partial charge in [0.15, 0.2) is 5.72 Å². The molecule has 5 saturated carbocycles. The van der Waals surface area contributed by atoms with Crippen LogP contribution in [0.25, 0.3) is 5.84 Å². The van der Waals surface area contributed by atoms with Crippen molar-refractivity contribution >= 4 is 0 Å². The van der Waals surface area contributed by atoms with Crippen LogP contribution in [0.4, 0.5) is 0 Å². The predicted octanol–water partition coefficient (Wildman–Crippen LogP) is 1.42. The smallest absolute Gasteiger partial charge is 0.186 e. The summed E-state index contributed by atoms with van der Waals surface area (Å²) in [7, 11) is 0. The van der Waals surface area contributed by atoms with E-state index in [9.17, 15) is 5.21 Å². The zero-order chi connectivity index (χ0) is 19.0. The van der Waals surface area contributed by atoms with Crippen molar-refractivity contribution in [3.8, 4) is 0 Å². The zero-order valence-corrected chi connectivity index (χ0v) is 16.6. The molecule has 0 radical (unpaired) electrons. The Morgan fingerprint density at radius 3 is 2.15 bits per heavy atom. The molecule has 0 aromatic heterocycles. The molecule has 0 aliphatic heterocycles. The highest BCUT2D eigenvalue weighted by molar-refractivity contribution is 5.06. The van der Waals surface area contributed by atoms with Crippen molar-refractivity contribution in [2.45, 2.75) is 89.2 Å². The Labute approximate surface area is 163 Å². The standard InChI is InChI=1S/C20H39N5O2/c21-20(27-25(26)24(22)23)13-16-12-19(20)18-7-3-5-15-10-8-14(9-11-15)4-1-2-6-17(16)18/h14-19,22,24-25H,1-13,21,23H2. The van der Waals surface area contributed by atoms with Crippen molar-refractivity contribution in [2.24, 2.45) is 47.1 Å². The lowest BCUT2D eigenvalue weighted by Crippen LogP contribution is -3.58. The molecule has 0 amide bonds. The largest absolute Gasteiger partial charge is 0.548 e. The molecule has 0 aromatic rings. The molecule has 7 N–H and O–H groups in total. The van der Waals surface area contributed by atoms with Crippen LogP contribution in [0, 0.1) is 40.7 Å². The molecule has 5 fully saturated rings. The van der Waals surface area contributed by atoms with Crippen LogP contribution in [0.2, 0.25) is 0 Å². The van der Waals surface area contributed by atoms with Crippen LogP contribution in [0.1, 0.15) is 83.5 Å². The summed E-state index contributed by atoms with van der Waals surface area (Å²) in [4.78, 5) is 5.57. The van der Waals surface area contributed by atoms with Gasteiger partial charge in [0.05, 0.1) is 0 Å². The lowest BCUT2D eigenvalue weighted by molar-refractivity contribution is -1.55. The minimum atomic E-state index is -0.902. The molecule has 0 saturated heterocycles. The van der Waals surface area contributed by atoms with E-state index in [4.69, 9.17) is 22.3 Å². The Kier molecular flexibility index (Phi) is 6.09. The van der Waals surface area contributed by atoms with Gasteiger partial charge in [-0.05, 0) is 55.3 Å². The summed E-state index contributed by atoms with van der Waals surface area (Å²) in [6, 6.07) is 0. The first kappa shape index (κ1) is 20.0. The van der Waals surface area contributed by atoms with Gasteiger partial charge in [0, 0.05) is 5.92 Å². The minimum Gasteiger partial charge on any atom is -0.548 e. The van der Waals surface area contributed by atoms with Gasteiger partial charge >= 0.3 is 0 Å². The van der Waals surface area contributed by atoms with Gasteiger partial charge in [0.2, 0.25) is 0 Å². The third-order valence-corrected chi connectivity index (χ3v) is 8.46. The molecule has 7 nitrogen and oxygen atoms in total. The third-order valence-electron chi connectivity index (χ3n) is 8.46. The lowest BCUT2D eigenvalue weighted by atomic mass is 9.71. The average Bonchev–Trinajstić information content (AvgIpc) is 3.14. The van der Waals surface area contributed by atoms with E-state index >= 15 is 0 Å². The number of nitrogens with two attached hydrogens (primary N) is 2. The number of hydrogen-bond donors (Lipinski definition) is 4. The maximum atomic E-state index is 11.9. The zero-order valence-electron chi connectivity index (χ0n) is 16.6. The van der Waals surface area contributed by atoms with E-state index in [-0.39, 0.29) is 5.92 Å². The quantitative estimate of drug-likeness (QED) is 0.336. The maximum absolute atomic E-state index is 11.9. The summed E-state index contributed by atoms with van der Waals surface area (Å²) in [5.74, 6) is 16.7. The van der Waals surface area contributed by atoms with Gasteiger partial charge in [-0.1, -0.05) is 63.1 Å². The van der Waals surface area contributed by atoms with Crippen LogP contribution in [0.3, 0.4) is 0 Å². The van der Waals surface area contributed by atoms with Crippen molar-refractivity contribution in [3.63, 3.8) is 0 Å². The highest BCUT2D eigenvalue weighted by Gasteiger charge is 2.61. The minimum absolute atomic E-state index is 0.247. The van der Waals surface area contributed by atoms with Crippen LogP contribution >= 0.6 is 0 Å². The Balaban J connectivity index is 1.44. The maximum Gasteiger partial charge on any atom is 0.186 e. The van der Waals surface area contributed by atoms with Crippen LogP contribution < -0.4 is 22.1 Å². The number of hydrogen-bond acceptors (Lipinski definition) is 4. The van der Waals surface area contributed by atoms with Gasteiger partial charge in [0.25, 0.3) is 0 Å². The Morgan fingerprint density at radius 1 is 0.889 bits per heavy atom. The molecule has 0 heterocycles. The fraction of sp³-hybridized carbons (Fsp3) is 1.00. The van der Waals surface area contributed by atoms with Gasteiger partial charge in [-0.2, -0.15) is 0 Å². The summed E-state index contributed by atoms with van der Waals surface area (Å²) in [5.41, 5.74) is 5.69. The fourth-order valence-corrected chi connectivity index (χ4v) is 7.16. The van der Waals surface area contributed by atoms with Crippen molar-refractivity contribution in [1.29, 1.82) is 0 Å². The monoisotopic (exact) mass is 381 g/mol. The van der Waals surface area contributed by atoms with Crippen molar-refractivity contribution < 1.29 is 15.4 Å². The molecule has 7 atom stereocenters. The van der Waals surface area contributed by atoms with Gasteiger partial charge in [-0.25, -0.2) is 0 Å². The van der Waals surface area contributed by atoms with E-state index < -0.39 is 16.3 Å². The third kappa shape index (κ3) is 4.20. The molecule has 27 heavy (non-hydrogen) atoms. The highest BCUT2D eigenvalue weighted by atomic mass is 16.9. The summed E-state index contributed by atoms with van der Waals surface area (Å²) >= 11 is 0. The fourth-order valence-electron chi connectivity index (χ4n) is 7.16.